The summed E-state index contributed by atoms with van der Waals surface area (Å²) < 4.78 is 10.7. The zero-order valence-electron chi connectivity index (χ0n) is 12.5. The van der Waals surface area contributed by atoms with Crippen LogP contribution < -0.4 is 0 Å². The van der Waals surface area contributed by atoms with Crippen molar-refractivity contribution >= 4 is 16.9 Å². The number of fused-ring (bicyclic) bond motifs is 1. The van der Waals surface area contributed by atoms with Crippen molar-refractivity contribution in [2.45, 2.75) is 40.0 Å². The molecule has 4 nitrogen and oxygen atoms in total. The minimum Gasteiger partial charge on any atom is -0.507 e. The van der Waals surface area contributed by atoms with Crippen LogP contribution in [0, 0.1) is 6.92 Å². The first-order valence-electron chi connectivity index (χ1n) is 6.70. The van der Waals surface area contributed by atoms with E-state index in [0.717, 1.165) is 5.56 Å². The third kappa shape index (κ3) is 2.26. The van der Waals surface area contributed by atoms with E-state index in [0.29, 0.717) is 16.5 Å². The lowest BCUT2D eigenvalue weighted by atomic mass is 9.85. The molecule has 0 unspecified atom stereocenters. The number of phenols is 1. The third-order valence-electron chi connectivity index (χ3n) is 3.32. The van der Waals surface area contributed by atoms with Gasteiger partial charge in [-0.3, -0.25) is 0 Å². The van der Waals surface area contributed by atoms with Crippen LogP contribution in [0.4, 0.5) is 0 Å². The standard InChI is InChI=1S/C16H20O4/c1-6-19-15(18)13-9(2)12-11(17)8-7-10(14(12)20-13)16(3,4)5/h7-8,17H,6H2,1-5H3. The van der Waals surface area contributed by atoms with E-state index >= 15 is 0 Å². The van der Waals surface area contributed by atoms with Crippen molar-refractivity contribution in [3.63, 3.8) is 0 Å². The first kappa shape index (κ1) is 14.4. The van der Waals surface area contributed by atoms with Gasteiger partial charge in [0, 0.05) is 11.1 Å². The Morgan fingerprint density at radius 2 is 2.00 bits per heavy atom. The van der Waals surface area contributed by atoms with Crippen molar-refractivity contribution in [2.75, 3.05) is 6.61 Å². The highest BCUT2D eigenvalue weighted by Gasteiger charge is 2.26. The number of ether oxygens (including phenoxy) is 1. The molecule has 0 fully saturated rings. The number of aryl methyl sites for hydroxylation is 1. The number of aromatic hydroxyl groups is 1. The quantitative estimate of drug-likeness (QED) is 0.844. The summed E-state index contributed by atoms with van der Waals surface area (Å²) in [5.74, 6) is -0.223. The van der Waals surface area contributed by atoms with E-state index in [4.69, 9.17) is 9.15 Å². The fourth-order valence-electron chi connectivity index (χ4n) is 2.31. The topological polar surface area (TPSA) is 59.7 Å². The van der Waals surface area contributed by atoms with E-state index < -0.39 is 5.97 Å². The highest BCUT2D eigenvalue weighted by Crippen LogP contribution is 2.39. The highest BCUT2D eigenvalue weighted by atomic mass is 16.5. The van der Waals surface area contributed by atoms with Crippen molar-refractivity contribution in [1.29, 1.82) is 0 Å². The summed E-state index contributed by atoms with van der Waals surface area (Å²) in [5, 5.41) is 10.6. The molecule has 0 saturated heterocycles. The zero-order chi connectivity index (χ0) is 15.1. The van der Waals surface area contributed by atoms with Gasteiger partial charge in [0.15, 0.2) is 0 Å². The summed E-state index contributed by atoms with van der Waals surface area (Å²) in [6, 6.07) is 3.47. The second-order valence-corrected chi connectivity index (χ2v) is 5.86. The average molecular weight is 276 g/mol. The molecule has 1 aromatic heterocycles. The van der Waals surface area contributed by atoms with Crippen molar-refractivity contribution < 1.29 is 19.1 Å². The second kappa shape index (κ2) is 4.85. The Balaban J connectivity index is 2.75. The SMILES string of the molecule is CCOC(=O)c1oc2c(C(C)(C)C)ccc(O)c2c1C. The predicted octanol–water partition coefficient (Wildman–Crippen LogP) is 3.92. The molecular weight excluding hydrogens is 256 g/mol. The lowest BCUT2D eigenvalue weighted by Gasteiger charge is -2.19. The summed E-state index contributed by atoms with van der Waals surface area (Å²) in [6.07, 6.45) is 0. The number of benzene rings is 1. The molecule has 0 aliphatic rings. The monoisotopic (exact) mass is 276 g/mol. The maximum atomic E-state index is 11.9. The third-order valence-corrected chi connectivity index (χ3v) is 3.32. The van der Waals surface area contributed by atoms with E-state index in [1.165, 1.54) is 0 Å². The fraction of sp³-hybridized carbons (Fsp3) is 0.438. The number of phenolic OH excluding ortho intramolecular Hbond substituents is 1. The average Bonchev–Trinajstić information content (AvgIpc) is 2.67. The predicted molar refractivity (Wildman–Crippen MR) is 77.3 cm³/mol. The molecule has 0 saturated carbocycles. The Bertz CT molecular complexity index is 659. The molecule has 2 aromatic rings. The number of hydrogen-bond donors (Lipinski definition) is 1. The Labute approximate surface area is 118 Å². The van der Waals surface area contributed by atoms with E-state index in [9.17, 15) is 9.90 Å². The number of esters is 1. The Hall–Kier alpha value is -1.97. The van der Waals surface area contributed by atoms with Crippen LogP contribution in [0.1, 0.15) is 49.4 Å². The summed E-state index contributed by atoms with van der Waals surface area (Å²) >= 11 is 0. The van der Waals surface area contributed by atoms with Gasteiger partial charge in [-0.2, -0.15) is 0 Å². The molecule has 108 valence electrons. The minimum atomic E-state index is -0.500. The van der Waals surface area contributed by atoms with E-state index in [1.807, 2.05) is 6.07 Å². The fourth-order valence-corrected chi connectivity index (χ4v) is 2.31. The van der Waals surface area contributed by atoms with Gasteiger partial charge < -0.3 is 14.3 Å². The van der Waals surface area contributed by atoms with Gasteiger partial charge in [-0.25, -0.2) is 4.79 Å². The molecule has 0 radical (unpaired) electrons. The summed E-state index contributed by atoms with van der Waals surface area (Å²) in [6.45, 7) is 9.95. The molecule has 4 heteroatoms. The van der Waals surface area contributed by atoms with E-state index in [-0.39, 0.29) is 23.5 Å². The summed E-state index contributed by atoms with van der Waals surface area (Å²) in [4.78, 5) is 11.9. The number of carbonyl (C=O) groups excluding carboxylic acids is 1. The summed E-state index contributed by atoms with van der Waals surface area (Å²) in [7, 11) is 0. The molecule has 2 rings (SSSR count). The van der Waals surface area contributed by atoms with Crippen molar-refractivity contribution in [1.82, 2.24) is 0 Å². The first-order valence-corrected chi connectivity index (χ1v) is 6.70. The largest absolute Gasteiger partial charge is 0.507 e. The first-order chi connectivity index (χ1) is 9.27. The van der Waals surface area contributed by atoms with Crippen molar-refractivity contribution in [2.24, 2.45) is 0 Å². The van der Waals surface area contributed by atoms with Gasteiger partial charge in [0.25, 0.3) is 0 Å². The maximum Gasteiger partial charge on any atom is 0.374 e. The normalized spacial score (nSPS) is 11.8. The number of hydrogen-bond acceptors (Lipinski definition) is 4. The van der Waals surface area contributed by atoms with Gasteiger partial charge in [0.2, 0.25) is 5.76 Å². The van der Waals surface area contributed by atoms with Gasteiger partial charge in [0.05, 0.1) is 12.0 Å². The van der Waals surface area contributed by atoms with Crippen molar-refractivity contribution in [3.05, 3.63) is 29.0 Å². The van der Waals surface area contributed by atoms with Crippen LogP contribution in [0.25, 0.3) is 11.0 Å². The number of furan rings is 1. The molecule has 0 aliphatic carbocycles. The highest BCUT2D eigenvalue weighted by molar-refractivity contribution is 5.99. The molecule has 0 amide bonds. The lowest BCUT2D eigenvalue weighted by molar-refractivity contribution is 0.0491. The van der Waals surface area contributed by atoms with Crippen LogP contribution in [-0.2, 0) is 10.2 Å². The van der Waals surface area contributed by atoms with Crippen LogP contribution >= 0.6 is 0 Å². The van der Waals surface area contributed by atoms with Crippen LogP contribution in [0.15, 0.2) is 16.5 Å². The molecule has 1 heterocycles. The molecule has 1 N–H and O–H groups in total. The van der Waals surface area contributed by atoms with Crippen LogP contribution in [0.5, 0.6) is 5.75 Å². The maximum absolute atomic E-state index is 11.9. The lowest BCUT2D eigenvalue weighted by Crippen LogP contribution is -2.11. The molecule has 0 atom stereocenters. The van der Waals surface area contributed by atoms with Crippen molar-refractivity contribution in [3.8, 4) is 5.75 Å². The van der Waals surface area contributed by atoms with Gasteiger partial charge in [-0.1, -0.05) is 26.8 Å². The second-order valence-electron chi connectivity index (χ2n) is 5.86. The van der Waals surface area contributed by atoms with Gasteiger partial charge in [-0.15, -0.1) is 0 Å². The van der Waals surface area contributed by atoms with Gasteiger partial charge >= 0.3 is 5.97 Å². The Kier molecular flexibility index (Phi) is 3.50. The Morgan fingerprint density at radius 3 is 2.55 bits per heavy atom. The zero-order valence-corrected chi connectivity index (χ0v) is 12.5. The molecule has 20 heavy (non-hydrogen) atoms. The summed E-state index contributed by atoms with van der Waals surface area (Å²) in [5.41, 5.74) is 1.96. The molecular formula is C16H20O4. The molecule has 1 aromatic carbocycles. The smallest absolute Gasteiger partial charge is 0.374 e. The van der Waals surface area contributed by atoms with Gasteiger partial charge in [0.1, 0.15) is 11.3 Å². The van der Waals surface area contributed by atoms with Crippen LogP contribution in [0.3, 0.4) is 0 Å². The molecule has 0 aliphatic heterocycles. The van der Waals surface area contributed by atoms with E-state index in [2.05, 4.69) is 20.8 Å². The van der Waals surface area contributed by atoms with Crippen LogP contribution in [0.2, 0.25) is 0 Å². The van der Waals surface area contributed by atoms with Gasteiger partial charge in [-0.05, 0) is 25.3 Å². The molecule has 0 bridgehead atoms. The Morgan fingerprint density at radius 1 is 1.35 bits per heavy atom. The van der Waals surface area contributed by atoms with Crippen LogP contribution in [-0.4, -0.2) is 17.7 Å². The molecule has 0 spiro atoms. The minimum absolute atomic E-state index is 0.116. The number of carbonyl (C=O) groups is 1. The number of rotatable bonds is 2. The van der Waals surface area contributed by atoms with E-state index in [1.54, 1.807) is 19.9 Å².